The number of urea groups is 1. The zero-order valence-corrected chi connectivity index (χ0v) is 16.6. The molecule has 2 aromatic carbocycles. The number of likely N-dealkylation sites (tertiary alicyclic amines) is 2. The van der Waals surface area contributed by atoms with Gasteiger partial charge in [0.2, 0.25) is 0 Å². The molecule has 1 atom stereocenters. The van der Waals surface area contributed by atoms with Crippen LogP contribution in [-0.4, -0.2) is 58.0 Å². The van der Waals surface area contributed by atoms with Crippen LogP contribution in [0.4, 0.5) is 4.79 Å². The monoisotopic (exact) mass is 389 g/mol. The molecule has 3 heterocycles. The molecular formula is C23H27N5O. The number of aromatic nitrogens is 2. The molecule has 0 aliphatic carbocycles. The summed E-state index contributed by atoms with van der Waals surface area (Å²) in [5, 5.41) is 3.25. The molecule has 0 spiro atoms. The van der Waals surface area contributed by atoms with Crippen molar-refractivity contribution in [1.82, 2.24) is 25.1 Å². The van der Waals surface area contributed by atoms with Crippen LogP contribution in [0.5, 0.6) is 0 Å². The van der Waals surface area contributed by atoms with Crippen LogP contribution >= 0.6 is 0 Å². The summed E-state index contributed by atoms with van der Waals surface area (Å²) in [7, 11) is 0. The van der Waals surface area contributed by atoms with Crippen molar-refractivity contribution in [3.63, 3.8) is 0 Å². The van der Waals surface area contributed by atoms with Gasteiger partial charge in [-0.1, -0.05) is 42.5 Å². The zero-order valence-electron chi connectivity index (χ0n) is 16.6. The van der Waals surface area contributed by atoms with Crippen molar-refractivity contribution in [2.45, 2.75) is 31.3 Å². The molecular weight excluding hydrogens is 362 g/mol. The second-order valence-corrected chi connectivity index (χ2v) is 8.25. The number of fused-ring (bicyclic) bond motifs is 1. The lowest BCUT2D eigenvalue weighted by atomic mass is 10.00. The van der Waals surface area contributed by atoms with E-state index in [2.05, 4.69) is 50.5 Å². The van der Waals surface area contributed by atoms with Gasteiger partial charge in [-0.15, -0.1) is 0 Å². The number of hydrogen-bond acceptors (Lipinski definition) is 3. The largest absolute Gasteiger partial charge is 0.342 e. The van der Waals surface area contributed by atoms with E-state index >= 15 is 0 Å². The number of para-hydroxylation sites is 2. The number of carbonyl (C=O) groups is 1. The summed E-state index contributed by atoms with van der Waals surface area (Å²) in [5.74, 6) is 1.29. The minimum absolute atomic E-state index is 0.0592. The van der Waals surface area contributed by atoms with Gasteiger partial charge in [-0.2, -0.15) is 0 Å². The van der Waals surface area contributed by atoms with Crippen LogP contribution in [0.2, 0.25) is 0 Å². The molecule has 1 unspecified atom stereocenters. The third kappa shape index (κ3) is 3.98. The first-order valence-electron chi connectivity index (χ1n) is 10.5. The van der Waals surface area contributed by atoms with Crippen molar-refractivity contribution < 1.29 is 4.79 Å². The minimum atomic E-state index is 0.0592. The van der Waals surface area contributed by atoms with Crippen molar-refractivity contribution in [2.24, 2.45) is 0 Å². The maximum absolute atomic E-state index is 12.7. The number of nitrogens with one attached hydrogen (secondary N) is 2. The molecule has 2 fully saturated rings. The van der Waals surface area contributed by atoms with Crippen LogP contribution < -0.4 is 5.32 Å². The van der Waals surface area contributed by atoms with E-state index in [1.165, 1.54) is 5.56 Å². The number of aromatic amines is 1. The molecule has 2 saturated heterocycles. The number of piperidine rings is 1. The third-order valence-corrected chi connectivity index (χ3v) is 6.05. The maximum atomic E-state index is 12.7. The second kappa shape index (κ2) is 7.87. The minimum Gasteiger partial charge on any atom is -0.342 e. The Labute approximate surface area is 170 Å². The molecule has 6 nitrogen and oxygen atoms in total. The van der Waals surface area contributed by atoms with Crippen molar-refractivity contribution in [3.05, 3.63) is 66.0 Å². The molecule has 2 N–H and O–H groups in total. The molecule has 2 aliphatic heterocycles. The predicted molar refractivity (Wildman–Crippen MR) is 114 cm³/mol. The van der Waals surface area contributed by atoms with Gasteiger partial charge in [0, 0.05) is 32.2 Å². The zero-order chi connectivity index (χ0) is 19.6. The summed E-state index contributed by atoms with van der Waals surface area (Å²) in [6.07, 6.45) is 2.18. The van der Waals surface area contributed by atoms with Crippen LogP contribution in [-0.2, 0) is 6.54 Å². The smallest absolute Gasteiger partial charge is 0.317 e. The lowest BCUT2D eigenvalue weighted by molar-refractivity contribution is 0.133. The van der Waals surface area contributed by atoms with E-state index in [9.17, 15) is 4.79 Å². The first-order chi connectivity index (χ1) is 14.2. The molecule has 0 saturated carbocycles. The summed E-state index contributed by atoms with van der Waals surface area (Å²) in [6.45, 7) is 4.42. The predicted octanol–water partition coefficient (Wildman–Crippen LogP) is 3.34. The topological polar surface area (TPSA) is 64.3 Å². The van der Waals surface area contributed by atoms with Gasteiger partial charge in [-0.05, 0) is 37.1 Å². The number of benzene rings is 2. The Morgan fingerprint density at radius 3 is 2.69 bits per heavy atom. The van der Waals surface area contributed by atoms with Crippen molar-refractivity contribution in [1.29, 1.82) is 0 Å². The highest BCUT2D eigenvalue weighted by Gasteiger charge is 2.35. The van der Waals surface area contributed by atoms with Gasteiger partial charge in [0.15, 0.2) is 0 Å². The quantitative estimate of drug-likeness (QED) is 0.719. The molecule has 0 bridgehead atoms. The number of H-pyrrole nitrogens is 1. The number of rotatable bonds is 4. The molecule has 0 radical (unpaired) electrons. The second-order valence-electron chi connectivity index (χ2n) is 8.25. The third-order valence-electron chi connectivity index (χ3n) is 6.05. The molecule has 1 aromatic heterocycles. The number of carbonyl (C=O) groups excluding carboxylic acids is 1. The number of hydrogen-bond donors (Lipinski definition) is 2. The first-order valence-corrected chi connectivity index (χ1v) is 10.5. The Kier molecular flexibility index (Phi) is 4.94. The molecule has 2 amide bonds. The highest BCUT2D eigenvalue weighted by atomic mass is 16.2. The molecule has 6 heteroatoms. The molecule has 29 heavy (non-hydrogen) atoms. The molecule has 3 aromatic rings. The summed E-state index contributed by atoms with van der Waals surface area (Å²) in [4.78, 5) is 25.1. The lowest BCUT2D eigenvalue weighted by Crippen LogP contribution is -2.57. The van der Waals surface area contributed by atoms with E-state index in [0.29, 0.717) is 5.92 Å². The summed E-state index contributed by atoms with van der Waals surface area (Å²) >= 11 is 0. The number of amides is 2. The van der Waals surface area contributed by atoms with Gasteiger partial charge < -0.3 is 15.2 Å². The summed E-state index contributed by atoms with van der Waals surface area (Å²) in [5.41, 5.74) is 3.38. The molecule has 150 valence electrons. The van der Waals surface area contributed by atoms with Gasteiger partial charge in [-0.25, -0.2) is 9.78 Å². The van der Waals surface area contributed by atoms with E-state index in [-0.39, 0.29) is 12.1 Å². The van der Waals surface area contributed by atoms with Crippen LogP contribution in [0.25, 0.3) is 11.0 Å². The van der Waals surface area contributed by atoms with Crippen LogP contribution in [0, 0.1) is 0 Å². The summed E-state index contributed by atoms with van der Waals surface area (Å²) in [6, 6.07) is 18.9. The van der Waals surface area contributed by atoms with Crippen molar-refractivity contribution in [3.8, 4) is 0 Å². The number of nitrogens with zero attached hydrogens (tertiary/aromatic N) is 3. The van der Waals surface area contributed by atoms with Crippen LogP contribution in [0.1, 0.15) is 30.1 Å². The van der Waals surface area contributed by atoms with Gasteiger partial charge in [0.25, 0.3) is 0 Å². The average molecular weight is 390 g/mol. The Bertz CT molecular complexity index is 946. The van der Waals surface area contributed by atoms with Crippen molar-refractivity contribution >= 4 is 17.1 Å². The highest BCUT2D eigenvalue weighted by Crippen LogP contribution is 2.27. The van der Waals surface area contributed by atoms with Gasteiger partial charge >= 0.3 is 6.03 Å². The van der Waals surface area contributed by atoms with Gasteiger partial charge in [0.1, 0.15) is 5.82 Å². The van der Waals surface area contributed by atoms with E-state index in [4.69, 9.17) is 0 Å². The standard InChI is InChI=1S/C23H27N5O/c29-23(24-19-9-6-12-27(16-19)13-17-7-2-1-3-8-17)28-14-18(15-28)22-25-20-10-4-5-11-21(20)26-22/h1-5,7-8,10-11,18-19H,6,9,12-16H2,(H,24,29)(H,25,26). The van der Waals surface area contributed by atoms with E-state index in [0.717, 1.165) is 62.4 Å². The SMILES string of the molecule is O=C(NC1CCCN(Cc2ccccc2)C1)N1CC(c2nc3ccccc3[nH]2)C1. The Balaban J connectivity index is 1.12. The Morgan fingerprint density at radius 2 is 1.86 bits per heavy atom. The van der Waals surface area contributed by atoms with Gasteiger partial charge in [0.05, 0.1) is 17.0 Å². The van der Waals surface area contributed by atoms with Crippen molar-refractivity contribution in [2.75, 3.05) is 26.2 Å². The highest BCUT2D eigenvalue weighted by molar-refractivity contribution is 5.77. The summed E-state index contributed by atoms with van der Waals surface area (Å²) < 4.78 is 0. The molecule has 5 rings (SSSR count). The van der Waals surface area contributed by atoms with E-state index < -0.39 is 0 Å². The normalized spacial score (nSPS) is 20.6. The fourth-order valence-corrected chi connectivity index (χ4v) is 4.41. The maximum Gasteiger partial charge on any atom is 0.317 e. The fourth-order valence-electron chi connectivity index (χ4n) is 4.41. The fraction of sp³-hybridized carbons (Fsp3) is 0.391. The average Bonchev–Trinajstić information content (AvgIpc) is 3.11. The Morgan fingerprint density at radius 1 is 1.07 bits per heavy atom. The molecule has 2 aliphatic rings. The Hall–Kier alpha value is -2.86. The first kappa shape index (κ1) is 18.2. The number of imidazole rings is 1. The van der Waals surface area contributed by atoms with E-state index in [1.54, 1.807) is 0 Å². The van der Waals surface area contributed by atoms with Gasteiger partial charge in [-0.3, -0.25) is 4.90 Å². The van der Waals surface area contributed by atoms with Crippen LogP contribution in [0.15, 0.2) is 54.6 Å². The van der Waals surface area contributed by atoms with Crippen LogP contribution in [0.3, 0.4) is 0 Å². The lowest BCUT2D eigenvalue weighted by Gasteiger charge is -2.40. The van der Waals surface area contributed by atoms with E-state index in [1.807, 2.05) is 29.2 Å².